The SMILES string of the molecule is CCS[C@H]1CC[C@@H](N(C)CC(=O)Nc2cc(Cl)ccc2C)C1. The predicted octanol–water partition coefficient (Wildman–Crippen LogP) is 4.19. The minimum absolute atomic E-state index is 0.0273. The standard InChI is InChI=1S/C17H25ClN2OS/c1-4-22-15-8-7-14(10-15)20(3)11-17(21)19-16-9-13(18)6-5-12(16)2/h5-6,9,14-15H,4,7-8,10-11H2,1-3H3,(H,19,21)/t14-,15+/m1/s1. The van der Waals surface area contributed by atoms with Crippen molar-refractivity contribution in [2.75, 3.05) is 24.7 Å². The Morgan fingerprint density at radius 2 is 2.23 bits per heavy atom. The second-order valence-corrected chi connectivity index (χ2v) is 7.98. The molecule has 0 aliphatic heterocycles. The van der Waals surface area contributed by atoms with Crippen LogP contribution in [0.4, 0.5) is 5.69 Å². The largest absolute Gasteiger partial charge is 0.325 e. The maximum Gasteiger partial charge on any atom is 0.238 e. The van der Waals surface area contributed by atoms with Crippen molar-refractivity contribution in [2.45, 2.75) is 44.4 Å². The van der Waals surface area contributed by atoms with Crippen molar-refractivity contribution in [2.24, 2.45) is 0 Å². The lowest BCUT2D eigenvalue weighted by molar-refractivity contribution is -0.117. The van der Waals surface area contributed by atoms with Crippen LogP contribution >= 0.6 is 23.4 Å². The average Bonchev–Trinajstić information content (AvgIpc) is 2.92. The number of aryl methyl sites for hydroxylation is 1. The number of likely N-dealkylation sites (N-methyl/N-ethyl adjacent to an activating group) is 1. The molecule has 122 valence electrons. The topological polar surface area (TPSA) is 32.3 Å². The van der Waals surface area contributed by atoms with E-state index in [1.54, 1.807) is 6.07 Å². The van der Waals surface area contributed by atoms with Gasteiger partial charge in [-0.05, 0) is 56.7 Å². The summed E-state index contributed by atoms with van der Waals surface area (Å²) in [6.45, 7) is 4.61. The zero-order chi connectivity index (χ0) is 16.1. The molecule has 2 atom stereocenters. The molecule has 2 rings (SSSR count). The van der Waals surface area contributed by atoms with Crippen LogP contribution < -0.4 is 5.32 Å². The first-order valence-electron chi connectivity index (χ1n) is 7.87. The third-order valence-corrected chi connectivity index (χ3v) is 5.72. The van der Waals surface area contributed by atoms with Crippen LogP contribution in [-0.2, 0) is 4.79 Å². The van der Waals surface area contributed by atoms with Gasteiger partial charge in [-0.25, -0.2) is 0 Å². The van der Waals surface area contributed by atoms with E-state index in [2.05, 4.69) is 17.1 Å². The Morgan fingerprint density at radius 3 is 2.95 bits per heavy atom. The van der Waals surface area contributed by atoms with Crippen molar-refractivity contribution >= 4 is 35.0 Å². The predicted molar refractivity (Wildman–Crippen MR) is 97.0 cm³/mol. The number of carbonyl (C=O) groups excluding carboxylic acids is 1. The van der Waals surface area contributed by atoms with E-state index in [0.29, 0.717) is 17.6 Å². The van der Waals surface area contributed by atoms with Gasteiger partial charge >= 0.3 is 0 Å². The lowest BCUT2D eigenvalue weighted by Crippen LogP contribution is -2.37. The van der Waals surface area contributed by atoms with Crippen molar-refractivity contribution in [1.29, 1.82) is 0 Å². The molecule has 1 N–H and O–H groups in total. The van der Waals surface area contributed by atoms with E-state index in [1.807, 2.05) is 37.9 Å². The second kappa shape index (κ2) is 8.23. The number of rotatable bonds is 6. The molecule has 1 aliphatic carbocycles. The van der Waals surface area contributed by atoms with Crippen LogP contribution in [0.15, 0.2) is 18.2 Å². The van der Waals surface area contributed by atoms with Gasteiger partial charge in [-0.1, -0.05) is 24.6 Å². The van der Waals surface area contributed by atoms with E-state index in [4.69, 9.17) is 11.6 Å². The van der Waals surface area contributed by atoms with Gasteiger partial charge < -0.3 is 5.32 Å². The van der Waals surface area contributed by atoms with Gasteiger partial charge in [0.15, 0.2) is 0 Å². The molecular weight excluding hydrogens is 316 g/mol. The number of benzene rings is 1. The number of thioether (sulfide) groups is 1. The van der Waals surface area contributed by atoms with Crippen LogP contribution in [0.5, 0.6) is 0 Å². The number of nitrogens with zero attached hydrogens (tertiary/aromatic N) is 1. The molecule has 0 unspecified atom stereocenters. The summed E-state index contributed by atoms with van der Waals surface area (Å²) in [7, 11) is 2.05. The Bertz CT molecular complexity index is 523. The quantitative estimate of drug-likeness (QED) is 0.842. The lowest BCUT2D eigenvalue weighted by Gasteiger charge is -2.24. The third kappa shape index (κ3) is 4.90. The van der Waals surface area contributed by atoms with Crippen LogP contribution in [0, 0.1) is 6.92 Å². The van der Waals surface area contributed by atoms with Crippen molar-refractivity contribution < 1.29 is 4.79 Å². The second-order valence-electron chi connectivity index (χ2n) is 5.97. The Kier molecular flexibility index (Phi) is 6.60. The molecule has 0 saturated heterocycles. The van der Waals surface area contributed by atoms with Crippen LogP contribution in [0.3, 0.4) is 0 Å². The zero-order valence-electron chi connectivity index (χ0n) is 13.6. The smallest absolute Gasteiger partial charge is 0.238 e. The maximum absolute atomic E-state index is 12.2. The molecule has 1 amide bonds. The van der Waals surface area contributed by atoms with E-state index in [9.17, 15) is 4.79 Å². The van der Waals surface area contributed by atoms with Crippen molar-refractivity contribution in [3.8, 4) is 0 Å². The first-order valence-corrected chi connectivity index (χ1v) is 9.30. The van der Waals surface area contributed by atoms with Crippen LogP contribution in [-0.4, -0.2) is 41.4 Å². The van der Waals surface area contributed by atoms with Crippen LogP contribution in [0.25, 0.3) is 0 Å². The summed E-state index contributed by atoms with van der Waals surface area (Å²) in [5.41, 5.74) is 1.83. The molecule has 3 nitrogen and oxygen atoms in total. The van der Waals surface area contributed by atoms with Gasteiger partial charge in [0.2, 0.25) is 5.91 Å². The Hall–Kier alpha value is -0.710. The lowest BCUT2D eigenvalue weighted by atomic mass is 10.2. The molecule has 1 aromatic rings. The van der Waals surface area contributed by atoms with Crippen molar-refractivity contribution in [3.63, 3.8) is 0 Å². The van der Waals surface area contributed by atoms with Crippen LogP contribution in [0.1, 0.15) is 31.7 Å². The van der Waals surface area contributed by atoms with Gasteiger partial charge in [-0.3, -0.25) is 9.69 Å². The summed E-state index contributed by atoms with van der Waals surface area (Å²) < 4.78 is 0. The Labute approximate surface area is 142 Å². The molecular formula is C17H25ClN2OS. The van der Waals surface area contributed by atoms with Crippen molar-refractivity contribution in [3.05, 3.63) is 28.8 Å². The van der Waals surface area contributed by atoms with Gasteiger partial charge in [0.25, 0.3) is 0 Å². The van der Waals surface area contributed by atoms with E-state index in [-0.39, 0.29) is 5.91 Å². The highest BCUT2D eigenvalue weighted by atomic mass is 35.5. The summed E-state index contributed by atoms with van der Waals surface area (Å²) in [6, 6.07) is 6.09. The first-order chi connectivity index (χ1) is 10.5. The van der Waals surface area contributed by atoms with E-state index in [0.717, 1.165) is 16.5 Å². The molecule has 0 heterocycles. The molecule has 1 fully saturated rings. The first kappa shape index (κ1) is 17.6. The Balaban J connectivity index is 1.85. The fourth-order valence-electron chi connectivity index (χ4n) is 2.98. The highest BCUT2D eigenvalue weighted by molar-refractivity contribution is 7.99. The zero-order valence-corrected chi connectivity index (χ0v) is 15.1. The van der Waals surface area contributed by atoms with Gasteiger partial charge in [0, 0.05) is 22.0 Å². The highest BCUT2D eigenvalue weighted by Crippen LogP contribution is 2.32. The summed E-state index contributed by atoms with van der Waals surface area (Å²) in [4.78, 5) is 14.4. The summed E-state index contributed by atoms with van der Waals surface area (Å²) >= 11 is 8.03. The maximum atomic E-state index is 12.2. The normalized spacial score (nSPS) is 21.3. The van der Waals surface area contributed by atoms with E-state index in [1.165, 1.54) is 25.0 Å². The average molecular weight is 341 g/mol. The molecule has 0 radical (unpaired) electrons. The molecule has 1 saturated carbocycles. The number of halogens is 1. The molecule has 1 aliphatic rings. The highest BCUT2D eigenvalue weighted by Gasteiger charge is 2.28. The molecule has 0 aromatic heterocycles. The fourth-order valence-corrected chi connectivity index (χ4v) is 4.28. The molecule has 5 heteroatoms. The number of hydrogen-bond acceptors (Lipinski definition) is 3. The summed E-state index contributed by atoms with van der Waals surface area (Å²) in [5.74, 6) is 1.20. The summed E-state index contributed by atoms with van der Waals surface area (Å²) in [5, 5.41) is 4.37. The number of anilines is 1. The molecule has 0 bridgehead atoms. The van der Waals surface area contributed by atoms with Crippen LogP contribution in [0.2, 0.25) is 5.02 Å². The van der Waals surface area contributed by atoms with E-state index < -0.39 is 0 Å². The minimum atomic E-state index is 0.0273. The van der Waals surface area contributed by atoms with Gasteiger partial charge in [0.1, 0.15) is 0 Å². The Morgan fingerprint density at radius 1 is 1.45 bits per heavy atom. The number of nitrogens with one attached hydrogen (secondary N) is 1. The molecule has 1 aromatic carbocycles. The van der Waals surface area contributed by atoms with Gasteiger partial charge in [-0.2, -0.15) is 11.8 Å². The number of hydrogen-bond donors (Lipinski definition) is 1. The van der Waals surface area contributed by atoms with Crippen molar-refractivity contribution in [1.82, 2.24) is 4.90 Å². The van der Waals surface area contributed by atoms with Gasteiger partial charge in [-0.15, -0.1) is 0 Å². The monoisotopic (exact) mass is 340 g/mol. The summed E-state index contributed by atoms with van der Waals surface area (Å²) in [6.07, 6.45) is 3.65. The minimum Gasteiger partial charge on any atom is -0.325 e. The third-order valence-electron chi connectivity index (χ3n) is 4.25. The molecule has 22 heavy (non-hydrogen) atoms. The van der Waals surface area contributed by atoms with Gasteiger partial charge in [0.05, 0.1) is 6.54 Å². The van der Waals surface area contributed by atoms with E-state index >= 15 is 0 Å². The molecule has 0 spiro atoms. The fraction of sp³-hybridized carbons (Fsp3) is 0.588. The number of amides is 1. The number of carbonyl (C=O) groups is 1.